The van der Waals surface area contributed by atoms with Crippen LogP contribution in [-0.2, 0) is 0 Å². The third kappa shape index (κ3) is 2.61. The predicted molar refractivity (Wildman–Crippen MR) is 43.9 cm³/mol. The van der Waals surface area contributed by atoms with E-state index in [1.54, 1.807) is 25.1 Å². The van der Waals surface area contributed by atoms with Crippen molar-refractivity contribution in [2.75, 3.05) is 0 Å². The van der Waals surface area contributed by atoms with Crippen LogP contribution in [0.3, 0.4) is 0 Å². The molecule has 1 aromatic carbocycles. The molecular formula is C8H8O2Tl. The SMILES string of the molecule is Cc1ccccc1C(=O)O.[Tl]. The van der Waals surface area contributed by atoms with Gasteiger partial charge in [0.05, 0.1) is 5.56 Å². The maximum absolute atomic E-state index is 10.4. The maximum atomic E-state index is 10.4. The van der Waals surface area contributed by atoms with Crippen LogP contribution < -0.4 is 0 Å². The molecule has 0 aliphatic rings. The summed E-state index contributed by atoms with van der Waals surface area (Å²) in [5.74, 6) is -0.863. The first-order valence-electron chi connectivity index (χ1n) is 3.01. The van der Waals surface area contributed by atoms with Crippen LogP contribution >= 0.6 is 0 Å². The first kappa shape index (κ1) is 10.6. The standard InChI is InChI=1S/C8H8O2.Tl/c1-6-4-2-3-5-7(6)8(9)10;/h2-5H,1H3,(H,9,10);. The van der Waals surface area contributed by atoms with E-state index in [-0.39, 0.29) is 27.3 Å². The first-order valence-corrected chi connectivity index (χ1v) is 3.01. The minimum Gasteiger partial charge on any atom is -0.478 e. The van der Waals surface area contributed by atoms with Gasteiger partial charge in [0.2, 0.25) is 0 Å². The third-order valence-corrected chi connectivity index (χ3v) is 1.38. The quantitative estimate of drug-likeness (QED) is 0.783. The maximum Gasteiger partial charge on any atom is 0.335 e. The second-order valence-corrected chi connectivity index (χ2v) is 2.12. The van der Waals surface area contributed by atoms with E-state index in [2.05, 4.69) is 0 Å². The molecule has 2 nitrogen and oxygen atoms in total. The topological polar surface area (TPSA) is 37.3 Å². The third-order valence-electron chi connectivity index (χ3n) is 1.38. The molecule has 0 unspecified atom stereocenters. The van der Waals surface area contributed by atoms with Crippen LogP contribution in [0.4, 0.5) is 0 Å². The van der Waals surface area contributed by atoms with E-state index in [9.17, 15) is 4.79 Å². The average Bonchev–Trinajstić information content (AvgIpc) is 1.88. The summed E-state index contributed by atoms with van der Waals surface area (Å²) in [5, 5.41) is 8.57. The van der Waals surface area contributed by atoms with Gasteiger partial charge in [0.1, 0.15) is 0 Å². The Morgan fingerprint density at radius 2 is 1.91 bits per heavy atom. The molecule has 0 heterocycles. The van der Waals surface area contributed by atoms with E-state index < -0.39 is 5.97 Å². The van der Waals surface area contributed by atoms with Crippen molar-refractivity contribution in [3.05, 3.63) is 35.4 Å². The van der Waals surface area contributed by atoms with Gasteiger partial charge in [-0.2, -0.15) is 0 Å². The Balaban J connectivity index is 0.000001000. The molecule has 0 spiro atoms. The molecule has 0 saturated carbocycles. The number of aryl methyl sites for hydroxylation is 1. The van der Waals surface area contributed by atoms with Gasteiger partial charge in [-0.3, -0.25) is 0 Å². The van der Waals surface area contributed by atoms with Gasteiger partial charge >= 0.3 is 5.97 Å². The van der Waals surface area contributed by atoms with Crippen molar-refractivity contribution in [3.63, 3.8) is 0 Å². The summed E-state index contributed by atoms with van der Waals surface area (Å²) in [4.78, 5) is 10.4. The Hall–Kier alpha value is -0.388. The molecule has 1 N–H and O–H groups in total. The normalized spacial score (nSPS) is 8.45. The van der Waals surface area contributed by atoms with Crippen molar-refractivity contribution >= 4 is 33.3 Å². The van der Waals surface area contributed by atoms with Gasteiger partial charge in [0.15, 0.2) is 0 Å². The van der Waals surface area contributed by atoms with Gasteiger partial charge in [-0.15, -0.1) is 0 Å². The minimum absolute atomic E-state index is 0. The molecule has 0 bridgehead atoms. The molecule has 0 fully saturated rings. The van der Waals surface area contributed by atoms with Crippen molar-refractivity contribution in [2.24, 2.45) is 0 Å². The first-order chi connectivity index (χ1) is 4.72. The number of aromatic carboxylic acids is 1. The van der Waals surface area contributed by atoms with E-state index >= 15 is 0 Å². The van der Waals surface area contributed by atoms with E-state index in [4.69, 9.17) is 5.11 Å². The number of hydrogen-bond acceptors (Lipinski definition) is 1. The van der Waals surface area contributed by atoms with Gasteiger partial charge < -0.3 is 5.11 Å². The zero-order chi connectivity index (χ0) is 7.56. The molecule has 11 heavy (non-hydrogen) atoms. The Bertz CT molecular complexity index is 258. The van der Waals surface area contributed by atoms with Crippen LogP contribution in [0.25, 0.3) is 0 Å². The van der Waals surface area contributed by atoms with E-state index in [0.29, 0.717) is 5.56 Å². The molecule has 0 atom stereocenters. The Morgan fingerprint density at radius 3 is 2.27 bits per heavy atom. The molecule has 3 heteroatoms. The fraction of sp³-hybridized carbons (Fsp3) is 0.125. The van der Waals surface area contributed by atoms with Crippen LogP contribution in [0, 0.1) is 6.92 Å². The van der Waals surface area contributed by atoms with Gasteiger partial charge in [0.25, 0.3) is 0 Å². The molecule has 0 saturated heterocycles. The summed E-state index contributed by atoms with van der Waals surface area (Å²) < 4.78 is 0. The Labute approximate surface area is 85.4 Å². The summed E-state index contributed by atoms with van der Waals surface area (Å²) in [6.07, 6.45) is 0. The summed E-state index contributed by atoms with van der Waals surface area (Å²) in [7, 11) is 0. The molecule has 1 aromatic rings. The van der Waals surface area contributed by atoms with Crippen LogP contribution in [0.5, 0.6) is 0 Å². The summed E-state index contributed by atoms with van der Waals surface area (Å²) in [6, 6.07) is 6.92. The number of carboxylic acids is 1. The van der Waals surface area contributed by atoms with Crippen molar-refractivity contribution in [3.8, 4) is 0 Å². The molecule has 0 amide bonds. The summed E-state index contributed by atoms with van der Waals surface area (Å²) in [6.45, 7) is 1.78. The molecule has 0 aliphatic carbocycles. The van der Waals surface area contributed by atoms with E-state index in [1.807, 2.05) is 6.07 Å². The molecular weight excluding hydrogens is 332 g/mol. The second-order valence-electron chi connectivity index (χ2n) is 2.12. The Kier molecular flexibility index (Phi) is 4.32. The molecule has 0 aromatic heterocycles. The smallest absolute Gasteiger partial charge is 0.335 e. The van der Waals surface area contributed by atoms with Gasteiger partial charge in [0, 0.05) is 27.3 Å². The molecule has 55 valence electrons. The molecule has 0 aliphatic heterocycles. The van der Waals surface area contributed by atoms with Crippen LogP contribution in [0.15, 0.2) is 24.3 Å². The zero-order valence-electron chi connectivity index (χ0n) is 6.24. The molecule has 1 rings (SSSR count). The van der Waals surface area contributed by atoms with Gasteiger partial charge in [-0.05, 0) is 18.6 Å². The van der Waals surface area contributed by atoms with Crippen molar-refractivity contribution in [2.45, 2.75) is 6.92 Å². The number of benzene rings is 1. The number of rotatable bonds is 1. The van der Waals surface area contributed by atoms with Gasteiger partial charge in [-0.25, -0.2) is 4.79 Å². The predicted octanol–water partition coefficient (Wildman–Crippen LogP) is 1.31. The van der Waals surface area contributed by atoms with E-state index in [0.717, 1.165) is 5.56 Å². The van der Waals surface area contributed by atoms with Crippen LogP contribution in [0.2, 0.25) is 0 Å². The second kappa shape index (κ2) is 4.48. The summed E-state index contributed by atoms with van der Waals surface area (Å²) in [5.41, 5.74) is 1.18. The largest absolute Gasteiger partial charge is 0.478 e. The average molecular weight is 341 g/mol. The fourth-order valence-electron chi connectivity index (χ4n) is 0.813. The van der Waals surface area contributed by atoms with Gasteiger partial charge in [-0.1, -0.05) is 18.2 Å². The number of carbonyl (C=O) groups is 1. The van der Waals surface area contributed by atoms with Crippen molar-refractivity contribution in [1.29, 1.82) is 0 Å². The zero-order valence-corrected chi connectivity index (χ0v) is 10.7. The van der Waals surface area contributed by atoms with E-state index in [1.165, 1.54) is 0 Å². The summed E-state index contributed by atoms with van der Waals surface area (Å²) >= 11 is 0. The van der Waals surface area contributed by atoms with Crippen molar-refractivity contribution in [1.82, 2.24) is 0 Å². The fourth-order valence-corrected chi connectivity index (χ4v) is 0.813. The van der Waals surface area contributed by atoms with Crippen LogP contribution in [-0.4, -0.2) is 38.4 Å². The monoisotopic (exact) mass is 341 g/mol. The Morgan fingerprint density at radius 1 is 1.36 bits per heavy atom. The number of carboxylic acid groups (broad SMARTS) is 1. The molecule has 1 radical (unpaired) electrons. The minimum atomic E-state index is -0.863. The van der Waals surface area contributed by atoms with Crippen molar-refractivity contribution < 1.29 is 9.90 Å². The van der Waals surface area contributed by atoms with Crippen LogP contribution in [0.1, 0.15) is 15.9 Å². The number of hydrogen-bond donors (Lipinski definition) is 1.